The average Bonchev–Trinajstić information content (AvgIpc) is 3.27. The number of hydrogen-bond donors (Lipinski definition) is 1. The number of fused-ring (bicyclic) bond motifs is 2. The number of aromatic nitrogens is 4. The molecule has 0 radical (unpaired) electrons. The lowest BCUT2D eigenvalue weighted by Gasteiger charge is -2.37. The van der Waals surface area contributed by atoms with E-state index in [0.29, 0.717) is 35.1 Å². The van der Waals surface area contributed by atoms with Crippen LogP contribution in [0.4, 0.5) is 22.0 Å². The van der Waals surface area contributed by atoms with E-state index in [1.165, 1.54) is 48.9 Å². The van der Waals surface area contributed by atoms with Gasteiger partial charge in [0.1, 0.15) is 11.9 Å². The van der Waals surface area contributed by atoms with Gasteiger partial charge in [-0.05, 0) is 54.9 Å². The van der Waals surface area contributed by atoms with Crippen molar-refractivity contribution in [3.63, 3.8) is 0 Å². The third kappa shape index (κ3) is 4.72. The maximum atomic E-state index is 14.4. The zero-order valence-corrected chi connectivity index (χ0v) is 20.2. The summed E-state index contributed by atoms with van der Waals surface area (Å²) in [5, 5.41) is 8.76. The van der Waals surface area contributed by atoms with E-state index in [1.807, 2.05) is 0 Å². The molecule has 5 unspecified atom stereocenters. The molecule has 1 aliphatic carbocycles. The molecule has 0 spiro atoms. The van der Waals surface area contributed by atoms with Gasteiger partial charge in [0.05, 0.1) is 18.5 Å². The van der Waals surface area contributed by atoms with Gasteiger partial charge in [0.25, 0.3) is 0 Å². The van der Waals surface area contributed by atoms with Crippen molar-refractivity contribution in [2.45, 2.75) is 50.5 Å². The van der Waals surface area contributed by atoms with E-state index < -0.39 is 42.0 Å². The molecule has 1 saturated carbocycles. The summed E-state index contributed by atoms with van der Waals surface area (Å²) in [5.41, 5.74) is 6.91. The van der Waals surface area contributed by atoms with Crippen LogP contribution < -0.4 is 10.5 Å². The second-order valence-electron chi connectivity index (χ2n) is 9.72. The molecule has 4 aromatic rings. The Morgan fingerprint density at radius 2 is 1.89 bits per heavy atom. The highest BCUT2D eigenvalue weighted by atomic mass is 19.4. The fourth-order valence-electron chi connectivity index (χ4n) is 5.38. The Labute approximate surface area is 209 Å². The molecule has 3 heterocycles. The molecule has 0 aliphatic heterocycles. The molecule has 0 bridgehead atoms. The number of nitrogens with zero attached hydrogens (tertiary/aromatic N) is 4. The highest BCUT2D eigenvalue weighted by Gasteiger charge is 2.47. The van der Waals surface area contributed by atoms with Crippen LogP contribution in [0.2, 0.25) is 0 Å². The van der Waals surface area contributed by atoms with Gasteiger partial charge in [-0.15, -0.1) is 10.2 Å². The van der Waals surface area contributed by atoms with Crippen molar-refractivity contribution < 1.29 is 26.7 Å². The van der Waals surface area contributed by atoms with Crippen LogP contribution >= 0.6 is 0 Å². The Kier molecular flexibility index (Phi) is 6.51. The predicted molar refractivity (Wildman–Crippen MR) is 128 cm³/mol. The highest BCUT2D eigenvalue weighted by molar-refractivity contribution is 5.82. The first kappa shape index (κ1) is 25.3. The zero-order chi connectivity index (χ0) is 26.5. The molecule has 0 saturated heterocycles. The SMILES string of the molecule is COc1cc2nc(-c3nnc4ccc(C(C(C)C5CCC(N)C(F)C5)C(F)(F)F)cn34)ccc2cc1F. The number of halogens is 5. The lowest BCUT2D eigenvalue weighted by molar-refractivity contribution is -0.167. The monoisotopic (exact) mass is 519 g/mol. The maximum Gasteiger partial charge on any atom is 0.396 e. The third-order valence-electron chi connectivity index (χ3n) is 7.46. The molecule has 196 valence electrons. The van der Waals surface area contributed by atoms with E-state index in [1.54, 1.807) is 12.1 Å². The summed E-state index contributed by atoms with van der Waals surface area (Å²) in [7, 11) is 1.34. The molecule has 5 rings (SSSR count). The molecule has 6 nitrogen and oxygen atoms in total. The normalized spacial score (nSPS) is 22.3. The number of alkyl halides is 4. The number of nitrogens with two attached hydrogens (primary N) is 1. The molecule has 2 N–H and O–H groups in total. The lowest BCUT2D eigenvalue weighted by atomic mass is 9.71. The van der Waals surface area contributed by atoms with Gasteiger partial charge in [0.2, 0.25) is 0 Å². The van der Waals surface area contributed by atoms with Crippen LogP contribution in [0.1, 0.15) is 37.7 Å². The Hall–Kier alpha value is -3.34. The molecule has 3 aromatic heterocycles. The van der Waals surface area contributed by atoms with E-state index in [0.717, 1.165) is 0 Å². The average molecular weight is 520 g/mol. The van der Waals surface area contributed by atoms with Gasteiger partial charge in [-0.3, -0.25) is 4.40 Å². The van der Waals surface area contributed by atoms with Crippen molar-refractivity contribution in [3.05, 3.63) is 54.0 Å². The van der Waals surface area contributed by atoms with Crippen molar-refractivity contribution in [2.24, 2.45) is 17.6 Å². The van der Waals surface area contributed by atoms with Crippen LogP contribution in [0.15, 0.2) is 42.6 Å². The van der Waals surface area contributed by atoms with Gasteiger partial charge in [0, 0.05) is 23.7 Å². The topological polar surface area (TPSA) is 78.3 Å². The van der Waals surface area contributed by atoms with Gasteiger partial charge >= 0.3 is 6.18 Å². The Bertz CT molecular complexity index is 1440. The van der Waals surface area contributed by atoms with Gasteiger partial charge in [-0.1, -0.05) is 19.1 Å². The number of pyridine rings is 2. The van der Waals surface area contributed by atoms with Crippen molar-refractivity contribution in [2.75, 3.05) is 7.11 Å². The van der Waals surface area contributed by atoms with E-state index in [4.69, 9.17) is 10.5 Å². The van der Waals surface area contributed by atoms with Crippen LogP contribution in [-0.2, 0) is 0 Å². The van der Waals surface area contributed by atoms with Crippen LogP contribution in [0.5, 0.6) is 5.75 Å². The smallest absolute Gasteiger partial charge is 0.396 e. The summed E-state index contributed by atoms with van der Waals surface area (Å²) in [5.74, 6) is -3.39. The van der Waals surface area contributed by atoms with E-state index >= 15 is 0 Å². The van der Waals surface area contributed by atoms with Crippen molar-refractivity contribution in [3.8, 4) is 17.3 Å². The minimum atomic E-state index is -4.55. The minimum Gasteiger partial charge on any atom is -0.494 e. The van der Waals surface area contributed by atoms with Crippen LogP contribution in [0.3, 0.4) is 0 Å². The van der Waals surface area contributed by atoms with Crippen LogP contribution in [0, 0.1) is 17.7 Å². The summed E-state index contributed by atoms with van der Waals surface area (Å²) in [4.78, 5) is 4.52. The fraction of sp³-hybridized carbons (Fsp3) is 0.423. The molecule has 37 heavy (non-hydrogen) atoms. The standard InChI is InChI=1S/C26H26F5N5O/c1-13(14-3-6-19(32)17(27)9-14)24(26(29,30)31)16-5-8-23-34-35-25(36(23)12-16)20-7-4-15-10-18(28)22(37-2)11-21(15)33-20/h4-5,7-8,10-14,17,19,24H,3,6,9,32H2,1-2H3. The predicted octanol–water partition coefficient (Wildman–Crippen LogP) is 5.84. The summed E-state index contributed by atoms with van der Waals surface area (Å²) in [6.45, 7) is 1.53. The third-order valence-corrected chi connectivity index (χ3v) is 7.46. The molecular weight excluding hydrogens is 493 g/mol. The molecule has 0 amide bonds. The molecule has 1 aromatic carbocycles. The van der Waals surface area contributed by atoms with Crippen molar-refractivity contribution in [1.29, 1.82) is 0 Å². The highest BCUT2D eigenvalue weighted by Crippen LogP contribution is 2.46. The first-order chi connectivity index (χ1) is 17.6. The fourth-order valence-corrected chi connectivity index (χ4v) is 5.38. The first-order valence-corrected chi connectivity index (χ1v) is 12.0. The van der Waals surface area contributed by atoms with E-state index in [-0.39, 0.29) is 23.6 Å². The Morgan fingerprint density at radius 1 is 1.11 bits per heavy atom. The number of hydrogen-bond acceptors (Lipinski definition) is 5. The first-order valence-electron chi connectivity index (χ1n) is 12.0. The van der Waals surface area contributed by atoms with Crippen LogP contribution in [0.25, 0.3) is 28.1 Å². The number of methoxy groups -OCH3 is 1. The summed E-state index contributed by atoms with van der Waals surface area (Å²) in [6, 6.07) is 8.23. The molecule has 1 aliphatic rings. The van der Waals surface area contributed by atoms with Gasteiger partial charge in [0.15, 0.2) is 23.0 Å². The van der Waals surface area contributed by atoms with Gasteiger partial charge in [-0.2, -0.15) is 13.2 Å². The minimum absolute atomic E-state index is 0.0140. The second kappa shape index (κ2) is 9.51. The molecule has 11 heteroatoms. The van der Waals surface area contributed by atoms with Crippen molar-refractivity contribution >= 4 is 16.6 Å². The quantitative estimate of drug-likeness (QED) is 0.335. The largest absolute Gasteiger partial charge is 0.494 e. The van der Waals surface area contributed by atoms with Crippen LogP contribution in [-0.4, -0.2) is 45.1 Å². The zero-order valence-electron chi connectivity index (χ0n) is 20.2. The lowest BCUT2D eigenvalue weighted by Crippen LogP contribution is -2.41. The summed E-state index contributed by atoms with van der Waals surface area (Å²) < 4.78 is 78.0. The Morgan fingerprint density at radius 3 is 2.59 bits per heavy atom. The number of rotatable bonds is 5. The number of ether oxygens (including phenoxy) is 1. The molecule has 1 fully saturated rings. The van der Waals surface area contributed by atoms with Gasteiger partial charge in [-0.25, -0.2) is 13.8 Å². The Balaban J connectivity index is 1.55. The van der Waals surface area contributed by atoms with Crippen molar-refractivity contribution in [1.82, 2.24) is 19.6 Å². The second-order valence-corrected chi connectivity index (χ2v) is 9.72. The number of benzene rings is 1. The molecular formula is C26H26F5N5O. The molecule has 5 atom stereocenters. The van der Waals surface area contributed by atoms with Gasteiger partial charge < -0.3 is 10.5 Å². The maximum absolute atomic E-state index is 14.4. The van der Waals surface area contributed by atoms with E-state index in [2.05, 4.69) is 15.2 Å². The summed E-state index contributed by atoms with van der Waals surface area (Å²) in [6.07, 6.45) is -3.67. The van der Waals surface area contributed by atoms with E-state index in [9.17, 15) is 22.0 Å². The summed E-state index contributed by atoms with van der Waals surface area (Å²) >= 11 is 0.